The topological polar surface area (TPSA) is 97.0 Å². The molecular weight excluding hydrogens is 386 g/mol. The molecule has 146 valence electrons. The standard InChI is InChI=1S/C19H18ClN3O5/c1-27-13-7-8-15(16(9-13)28-2)22-17(24)14-10-21-19(26)23(18(14)25)12-5-3-11(20)4-6-12/h3-9,14H,10H2,1-2H3,(H,21,26)(H,22,24). The highest BCUT2D eigenvalue weighted by Gasteiger charge is 2.39. The van der Waals surface area contributed by atoms with Crippen LogP contribution in [0, 0.1) is 5.92 Å². The van der Waals surface area contributed by atoms with Crippen molar-refractivity contribution in [3.8, 4) is 11.5 Å². The van der Waals surface area contributed by atoms with Gasteiger partial charge in [-0.25, -0.2) is 9.69 Å². The maximum absolute atomic E-state index is 12.8. The number of halogens is 1. The predicted octanol–water partition coefficient (Wildman–Crippen LogP) is 2.67. The molecule has 2 aromatic carbocycles. The lowest BCUT2D eigenvalue weighted by atomic mass is 10.0. The molecule has 1 saturated heterocycles. The Morgan fingerprint density at radius 1 is 1.14 bits per heavy atom. The molecule has 4 amide bonds. The zero-order valence-electron chi connectivity index (χ0n) is 15.2. The highest BCUT2D eigenvalue weighted by Crippen LogP contribution is 2.30. The monoisotopic (exact) mass is 403 g/mol. The third-order valence-corrected chi connectivity index (χ3v) is 4.50. The largest absolute Gasteiger partial charge is 0.497 e. The lowest BCUT2D eigenvalue weighted by Gasteiger charge is -2.30. The Kier molecular flexibility index (Phi) is 5.70. The fourth-order valence-electron chi connectivity index (χ4n) is 2.77. The summed E-state index contributed by atoms with van der Waals surface area (Å²) >= 11 is 5.85. The number of nitrogens with zero attached hydrogens (tertiary/aromatic N) is 1. The normalized spacial score (nSPS) is 16.4. The fourth-order valence-corrected chi connectivity index (χ4v) is 2.90. The number of benzene rings is 2. The molecule has 0 saturated carbocycles. The van der Waals surface area contributed by atoms with Gasteiger partial charge in [-0.05, 0) is 36.4 Å². The van der Waals surface area contributed by atoms with Gasteiger partial charge in [0.05, 0.1) is 25.6 Å². The summed E-state index contributed by atoms with van der Waals surface area (Å²) in [4.78, 5) is 38.7. The van der Waals surface area contributed by atoms with E-state index in [1.165, 1.54) is 26.4 Å². The summed E-state index contributed by atoms with van der Waals surface area (Å²) in [6.07, 6.45) is 0. The Morgan fingerprint density at radius 2 is 1.86 bits per heavy atom. The summed E-state index contributed by atoms with van der Waals surface area (Å²) < 4.78 is 10.4. The first-order valence-electron chi connectivity index (χ1n) is 8.35. The van der Waals surface area contributed by atoms with Crippen molar-refractivity contribution in [2.45, 2.75) is 0 Å². The van der Waals surface area contributed by atoms with E-state index < -0.39 is 23.8 Å². The van der Waals surface area contributed by atoms with Crippen LogP contribution in [0.2, 0.25) is 5.02 Å². The number of imide groups is 1. The van der Waals surface area contributed by atoms with Gasteiger partial charge >= 0.3 is 6.03 Å². The third-order valence-electron chi connectivity index (χ3n) is 4.25. The summed E-state index contributed by atoms with van der Waals surface area (Å²) in [6.45, 7) is -0.105. The summed E-state index contributed by atoms with van der Waals surface area (Å²) in [5.41, 5.74) is 0.711. The van der Waals surface area contributed by atoms with Crippen LogP contribution in [0.1, 0.15) is 0 Å². The molecule has 1 aliphatic heterocycles. The Balaban J connectivity index is 1.81. The van der Waals surface area contributed by atoms with Crippen LogP contribution >= 0.6 is 11.6 Å². The van der Waals surface area contributed by atoms with Crippen molar-refractivity contribution in [1.29, 1.82) is 0 Å². The average molecular weight is 404 g/mol. The Labute approximate surface area is 166 Å². The van der Waals surface area contributed by atoms with Crippen LogP contribution in [0.4, 0.5) is 16.2 Å². The summed E-state index contributed by atoms with van der Waals surface area (Å²) in [6, 6.07) is 10.5. The molecule has 1 atom stereocenters. The molecule has 0 aliphatic carbocycles. The second-order valence-electron chi connectivity index (χ2n) is 5.94. The van der Waals surface area contributed by atoms with Crippen LogP contribution in [0.15, 0.2) is 42.5 Å². The first kappa shape index (κ1) is 19.5. The molecule has 3 rings (SSSR count). The summed E-state index contributed by atoms with van der Waals surface area (Å²) in [5.74, 6) is -1.34. The summed E-state index contributed by atoms with van der Waals surface area (Å²) in [5, 5.41) is 5.70. The molecule has 8 nitrogen and oxygen atoms in total. The van der Waals surface area contributed by atoms with E-state index in [0.29, 0.717) is 27.9 Å². The minimum absolute atomic E-state index is 0.105. The first-order valence-corrected chi connectivity index (χ1v) is 8.72. The maximum atomic E-state index is 12.8. The Hall–Kier alpha value is -3.26. The number of hydrogen-bond acceptors (Lipinski definition) is 5. The number of hydrogen-bond donors (Lipinski definition) is 2. The van der Waals surface area contributed by atoms with Gasteiger partial charge in [0, 0.05) is 17.6 Å². The van der Waals surface area contributed by atoms with E-state index in [1.54, 1.807) is 30.3 Å². The van der Waals surface area contributed by atoms with Crippen molar-refractivity contribution in [2.24, 2.45) is 5.92 Å². The van der Waals surface area contributed by atoms with Crippen LogP contribution in [-0.4, -0.2) is 38.6 Å². The molecule has 2 N–H and O–H groups in total. The maximum Gasteiger partial charge on any atom is 0.328 e. The van der Waals surface area contributed by atoms with E-state index in [-0.39, 0.29) is 6.54 Å². The van der Waals surface area contributed by atoms with Crippen molar-refractivity contribution < 1.29 is 23.9 Å². The second-order valence-corrected chi connectivity index (χ2v) is 6.38. The number of anilines is 2. The molecule has 1 aliphatic rings. The Bertz CT molecular complexity index is 916. The van der Waals surface area contributed by atoms with Gasteiger partial charge in [0.15, 0.2) is 0 Å². The molecular formula is C19H18ClN3O5. The van der Waals surface area contributed by atoms with E-state index >= 15 is 0 Å². The van der Waals surface area contributed by atoms with E-state index in [2.05, 4.69) is 10.6 Å². The first-order chi connectivity index (χ1) is 13.4. The van der Waals surface area contributed by atoms with E-state index in [9.17, 15) is 14.4 Å². The Morgan fingerprint density at radius 3 is 2.50 bits per heavy atom. The molecule has 1 unspecified atom stereocenters. The van der Waals surface area contributed by atoms with Crippen LogP contribution in [0.25, 0.3) is 0 Å². The van der Waals surface area contributed by atoms with Crippen molar-refractivity contribution >= 4 is 40.8 Å². The molecule has 1 heterocycles. The molecule has 0 radical (unpaired) electrons. The average Bonchev–Trinajstić information content (AvgIpc) is 2.69. The van der Waals surface area contributed by atoms with Gasteiger partial charge in [-0.2, -0.15) is 0 Å². The van der Waals surface area contributed by atoms with Crippen LogP contribution < -0.4 is 25.0 Å². The highest BCUT2D eigenvalue weighted by atomic mass is 35.5. The minimum Gasteiger partial charge on any atom is -0.497 e. The molecule has 28 heavy (non-hydrogen) atoms. The number of ether oxygens (including phenoxy) is 2. The molecule has 9 heteroatoms. The van der Waals surface area contributed by atoms with Gasteiger partial charge in [-0.3, -0.25) is 9.59 Å². The molecule has 1 fully saturated rings. The van der Waals surface area contributed by atoms with Gasteiger partial charge in [0.1, 0.15) is 17.4 Å². The summed E-state index contributed by atoms with van der Waals surface area (Å²) in [7, 11) is 2.97. The smallest absolute Gasteiger partial charge is 0.328 e. The van der Waals surface area contributed by atoms with E-state index in [4.69, 9.17) is 21.1 Å². The number of carbonyl (C=O) groups excluding carboxylic acids is 3. The molecule has 0 aromatic heterocycles. The van der Waals surface area contributed by atoms with Crippen molar-refractivity contribution in [3.63, 3.8) is 0 Å². The second kappa shape index (κ2) is 8.18. The number of urea groups is 1. The van der Waals surface area contributed by atoms with Gasteiger partial charge in [0.25, 0.3) is 0 Å². The predicted molar refractivity (Wildman–Crippen MR) is 104 cm³/mol. The SMILES string of the molecule is COc1ccc(NC(=O)C2CNC(=O)N(c3ccc(Cl)cc3)C2=O)c(OC)c1. The van der Waals surface area contributed by atoms with Crippen molar-refractivity contribution in [2.75, 3.05) is 31.0 Å². The van der Waals surface area contributed by atoms with Gasteiger partial charge < -0.3 is 20.1 Å². The van der Waals surface area contributed by atoms with Crippen LogP contribution in [-0.2, 0) is 9.59 Å². The highest BCUT2D eigenvalue weighted by molar-refractivity contribution is 6.30. The quantitative estimate of drug-likeness (QED) is 0.748. The van der Waals surface area contributed by atoms with Crippen LogP contribution in [0.5, 0.6) is 11.5 Å². The van der Waals surface area contributed by atoms with Crippen LogP contribution in [0.3, 0.4) is 0 Å². The number of methoxy groups -OCH3 is 2. The third kappa shape index (κ3) is 3.86. The lowest BCUT2D eigenvalue weighted by molar-refractivity contribution is -0.130. The number of amides is 4. The van der Waals surface area contributed by atoms with Gasteiger partial charge in [0.2, 0.25) is 11.8 Å². The van der Waals surface area contributed by atoms with Crippen molar-refractivity contribution in [3.05, 3.63) is 47.5 Å². The fraction of sp³-hybridized carbons (Fsp3) is 0.211. The van der Waals surface area contributed by atoms with E-state index in [0.717, 1.165) is 4.90 Å². The zero-order chi connectivity index (χ0) is 20.3. The minimum atomic E-state index is -1.10. The molecule has 2 aromatic rings. The number of nitrogens with one attached hydrogen (secondary N) is 2. The lowest BCUT2D eigenvalue weighted by Crippen LogP contribution is -2.58. The zero-order valence-corrected chi connectivity index (χ0v) is 15.9. The number of carbonyl (C=O) groups is 3. The van der Waals surface area contributed by atoms with Crippen molar-refractivity contribution in [1.82, 2.24) is 5.32 Å². The van der Waals surface area contributed by atoms with Gasteiger partial charge in [-0.15, -0.1) is 0 Å². The molecule has 0 spiro atoms. The van der Waals surface area contributed by atoms with E-state index in [1.807, 2.05) is 0 Å². The van der Waals surface area contributed by atoms with Gasteiger partial charge in [-0.1, -0.05) is 11.6 Å². The molecule has 0 bridgehead atoms. The number of rotatable bonds is 5.